The number of nitrogens with zero attached hydrogens (tertiary/aromatic N) is 2. The van der Waals surface area contributed by atoms with E-state index < -0.39 is 15.8 Å². The second-order valence-corrected chi connectivity index (χ2v) is 7.28. The molecule has 0 aromatic heterocycles. The summed E-state index contributed by atoms with van der Waals surface area (Å²) in [5.74, 6) is -0.798. The summed E-state index contributed by atoms with van der Waals surface area (Å²) in [6, 6.07) is 2.51. The van der Waals surface area contributed by atoms with Gasteiger partial charge in [-0.05, 0) is 35.1 Å². The number of halogens is 2. The highest BCUT2D eigenvalue weighted by Crippen LogP contribution is 2.28. The van der Waals surface area contributed by atoms with Gasteiger partial charge in [-0.2, -0.15) is 4.31 Å². The van der Waals surface area contributed by atoms with Crippen LogP contribution in [0.15, 0.2) is 21.5 Å². The monoisotopic (exact) mass is 351 g/mol. The number of nitrogens with two attached hydrogens (primary N) is 1. The Balaban J connectivity index is 2.40. The predicted molar refractivity (Wildman–Crippen MR) is 74.8 cm³/mol. The van der Waals surface area contributed by atoms with Gasteiger partial charge in [-0.15, -0.1) is 0 Å². The Kier molecular flexibility index (Phi) is 4.14. The first kappa shape index (κ1) is 14.7. The zero-order valence-electron chi connectivity index (χ0n) is 10.4. The molecule has 0 aliphatic carbocycles. The van der Waals surface area contributed by atoms with Crippen molar-refractivity contribution in [1.29, 1.82) is 0 Å². The van der Waals surface area contributed by atoms with Crippen LogP contribution in [0.4, 0.5) is 10.1 Å². The zero-order chi connectivity index (χ0) is 14.2. The molecule has 0 unspecified atom stereocenters. The van der Waals surface area contributed by atoms with Crippen LogP contribution in [0.3, 0.4) is 0 Å². The summed E-state index contributed by atoms with van der Waals surface area (Å²) in [4.78, 5) is 1.65. The fourth-order valence-electron chi connectivity index (χ4n) is 1.94. The van der Waals surface area contributed by atoms with Gasteiger partial charge in [0, 0.05) is 31.9 Å². The van der Waals surface area contributed by atoms with Crippen molar-refractivity contribution in [3.05, 3.63) is 22.4 Å². The number of nitrogen functional groups attached to an aromatic ring is 1. The van der Waals surface area contributed by atoms with Crippen LogP contribution in [0.25, 0.3) is 0 Å². The fourth-order valence-corrected chi connectivity index (χ4v) is 4.09. The molecule has 106 valence electrons. The fraction of sp³-hybridized carbons (Fsp3) is 0.455. The minimum atomic E-state index is -3.84. The first-order valence-electron chi connectivity index (χ1n) is 5.75. The van der Waals surface area contributed by atoms with E-state index in [2.05, 4.69) is 15.9 Å². The van der Waals surface area contributed by atoms with Gasteiger partial charge < -0.3 is 10.6 Å². The lowest BCUT2D eigenvalue weighted by Crippen LogP contribution is -2.47. The van der Waals surface area contributed by atoms with E-state index in [0.717, 1.165) is 6.07 Å². The highest BCUT2D eigenvalue weighted by atomic mass is 79.9. The first-order valence-corrected chi connectivity index (χ1v) is 7.99. The molecule has 1 fully saturated rings. The molecule has 1 heterocycles. The first-order chi connectivity index (χ1) is 8.82. The number of likely N-dealkylation sites (N-methyl/N-ethyl adjacent to an activating group) is 1. The van der Waals surface area contributed by atoms with Crippen molar-refractivity contribution in [3.63, 3.8) is 0 Å². The Labute approximate surface area is 120 Å². The minimum Gasteiger partial charge on any atom is -0.399 e. The second kappa shape index (κ2) is 5.35. The molecular formula is C11H15BrFN3O2S. The third-order valence-electron chi connectivity index (χ3n) is 3.10. The molecule has 0 saturated carbocycles. The topological polar surface area (TPSA) is 66.6 Å². The molecule has 2 N–H and O–H groups in total. The van der Waals surface area contributed by atoms with Gasteiger partial charge in [-0.1, -0.05) is 0 Å². The SMILES string of the molecule is CN1CCN(S(=O)(=O)c2cc(N)cc(Br)c2F)CC1. The normalized spacial score (nSPS) is 18.7. The molecule has 19 heavy (non-hydrogen) atoms. The van der Waals surface area contributed by atoms with Crippen LogP contribution in [0, 0.1) is 5.82 Å². The lowest BCUT2D eigenvalue weighted by atomic mass is 10.3. The van der Waals surface area contributed by atoms with Crippen molar-refractivity contribution in [2.45, 2.75) is 4.90 Å². The van der Waals surface area contributed by atoms with Crippen LogP contribution in [-0.4, -0.2) is 50.8 Å². The van der Waals surface area contributed by atoms with Gasteiger partial charge in [0.25, 0.3) is 0 Å². The third-order valence-corrected chi connectivity index (χ3v) is 5.57. The van der Waals surface area contributed by atoms with Crippen molar-refractivity contribution >= 4 is 31.6 Å². The van der Waals surface area contributed by atoms with E-state index in [1.54, 1.807) is 0 Å². The Bertz CT molecular complexity index is 586. The maximum absolute atomic E-state index is 14.0. The Morgan fingerprint density at radius 2 is 1.84 bits per heavy atom. The summed E-state index contributed by atoms with van der Waals surface area (Å²) in [7, 11) is -1.92. The summed E-state index contributed by atoms with van der Waals surface area (Å²) >= 11 is 2.98. The predicted octanol–water partition coefficient (Wildman–Crippen LogP) is 1.11. The molecule has 0 bridgehead atoms. The summed E-state index contributed by atoms with van der Waals surface area (Å²) in [6.45, 7) is 1.96. The van der Waals surface area contributed by atoms with Gasteiger partial charge >= 0.3 is 0 Å². The summed E-state index contributed by atoms with van der Waals surface area (Å²) in [5, 5.41) is 0. The molecule has 2 rings (SSSR count). The van der Waals surface area contributed by atoms with Crippen LogP contribution in [0.1, 0.15) is 0 Å². The standard InChI is InChI=1S/C11H15BrFN3O2S/c1-15-2-4-16(5-3-15)19(17,18)10-7-8(14)6-9(12)11(10)13/h6-7H,2-5,14H2,1H3. The van der Waals surface area contributed by atoms with E-state index in [9.17, 15) is 12.8 Å². The number of piperazine rings is 1. The number of anilines is 1. The van der Waals surface area contributed by atoms with Crippen molar-refractivity contribution < 1.29 is 12.8 Å². The molecule has 0 radical (unpaired) electrons. The van der Waals surface area contributed by atoms with Crippen LogP contribution >= 0.6 is 15.9 Å². The van der Waals surface area contributed by atoms with Crippen LogP contribution < -0.4 is 5.73 Å². The maximum Gasteiger partial charge on any atom is 0.246 e. The van der Waals surface area contributed by atoms with Crippen molar-refractivity contribution in [2.75, 3.05) is 39.0 Å². The summed E-state index contributed by atoms with van der Waals surface area (Å²) < 4.78 is 40.2. The van der Waals surface area contributed by atoms with Gasteiger partial charge in [0.2, 0.25) is 10.0 Å². The Hall–Kier alpha value is -0.700. The number of hydrogen-bond donors (Lipinski definition) is 1. The van der Waals surface area contributed by atoms with E-state index in [4.69, 9.17) is 5.73 Å². The van der Waals surface area contributed by atoms with Gasteiger partial charge in [0.1, 0.15) is 4.90 Å². The number of sulfonamides is 1. The Morgan fingerprint density at radius 3 is 2.42 bits per heavy atom. The smallest absolute Gasteiger partial charge is 0.246 e. The third kappa shape index (κ3) is 2.91. The molecule has 1 saturated heterocycles. The molecule has 5 nitrogen and oxygen atoms in total. The number of hydrogen-bond acceptors (Lipinski definition) is 4. The quantitative estimate of drug-likeness (QED) is 0.810. The molecule has 1 aromatic carbocycles. The van der Waals surface area contributed by atoms with E-state index in [-0.39, 0.29) is 15.1 Å². The molecule has 0 atom stereocenters. The average Bonchev–Trinajstić information content (AvgIpc) is 2.34. The second-order valence-electron chi connectivity index (χ2n) is 4.52. The molecular weight excluding hydrogens is 337 g/mol. The Morgan fingerprint density at radius 1 is 1.26 bits per heavy atom. The molecule has 1 aliphatic heterocycles. The average molecular weight is 352 g/mol. The largest absolute Gasteiger partial charge is 0.399 e. The van der Waals surface area contributed by atoms with Crippen molar-refractivity contribution in [2.24, 2.45) is 0 Å². The summed E-state index contributed by atoms with van der Waals surface area (Å²) in [6.07, 6.45) is 0. The molecule has 8 heteroatoms. The van der Waals surface area contributed by atoms with Crippen molar-refractivity contribution in [3.8, 4) is 0 Å². The highest BCUT2D eigenvalue weighted by molar-refractivity contribution is 9.10. The van der Waals surface area contributed by atoms with E-state index >= 15 is 0 Å². The molecule has 0 amide bonds. The van der Waals surface area contributed by atoms with E-state index in [1.165, 1.54) is 10.4 Å². The van der Waals surface area contributed by atoms with E-state index in [0.29, 0.717) is 26.2 Å². The lowest BCUT2D eigenvalue weighted by molar-refractivity contribution is 0.222. The zero-order valence-corrected chi connectivity index (χ0v) is 12.8. The van der Waals surface area contributed by atoms with Crippen LogP contribution in [0.2, 0.25) is 0 Å². The van der Waals surface area contributed by atoms with Gasteiger partial charge in [-0.3, -0.25) is 0 Å². The number of rotatable bonds is 2. The lowest BCUT2D eigenvalue weighted by Gasteiger charge is -2.31. The van der Waals surface area contributed by atoms with Gasteiger partial charge in [-0.25, -0.2) is 12.8 Å². The summed E-state index contributed by atoms with van der Waals surface area (Å²) in [5.41, 5.74) is 5.80. The van der Waals surface area contributed by atoms with Crippen molar-refractivity contribution in [1.82, 2.24) is 9.21 Å². The van der Waals surface area contributed by atoms with Crippen LogP contribution in [0.5, 0.6) is 0 Å². The molecule has 1 aliphatic rings. The van der Waals surface area contributed by atoms with Crippen LogP contribution in [-0.2, 0) is 10.0 Å². The molecule has 1 aromatic rings. The maximum atomic E-state index is 14.0. The van der Waals surface area contributed by atoms with Gasteiger partial charge in [0.05, 0.1) is 4.47 Å². The van der Waals surface area contributed by atoms with E-state index in [1.807, 2.05) is 11.9 Å². The molecule has 0 spiro atoms. The highest BCUT2D eigenvalue weighted by Gasteiger charge is 2.30. The van der Waals surface area contributed by atoms with Gasteiger partial charge in [0.15, 0.2) is 5.82 Å². The minimum absolute atomic E-state index is 0.0557. The number of benzene rings is 1.